The summed E-state index contributed by atoms with van der Waals surface area (Å²) in [6.45, 7) is 10.8. The Balaban J connectivity index is 1.60. The molecule has 0 aliphatic carbocycles. The molecular weight excluding hydrogens is 357 g/mol. The number of aliphatic hydroxyl groups excluding tert-OH is 1. The van der Waals surface area contributed by atoms with Crippen molar-refractivity contribution in [2.24, 2.45) is 0 Å². The Labute approximate surface area is 166 Å². The molecule has 28 heavy (non-hydrogen) atoms. The largest absolute Gasteiger partial charge is 0.382 e. The molecular formula is C22H32FN3O2+2. The molecule has 2 atom stereocenters. The van der Waals surface area contributed by atoms with Crippen LogP contribution in [0, 0.1) is 5.82 Å². The Hall–Kier alpha value is -1.99. The SMILES string of the molecule is C=CC[NH+](Cc1cccn1Cc1ccccc1F)C[C@H](O)C[NH+]1CCOCC1. The average Bonchev–Trinajstić information content (AvgIpc) is 3.11. The molecule has 152 valence electrons. The predicted molar refractivity (Wildman–Crippen MR) is 107 cm³/mol. The molecule has 1 aromatic carbocycles. The van der Waals surface area contributed by atoms with Gasteiger partial charge in [-0.15, -0.1) is 0 Å². The van der Waals surface area contributed by atoms with E-state index >= 15 is 0 Å². The summed E-state index contributed by atoms with van der Waals surface area (Å²) < 4.78 is 21.5. The molecule has 2 aromatic rings. The maximum absolute atomic E-state index is 14.0. The topological polar surface area (TPSA) is 43.3 Å². The fraction of sp³-hybridized carbons (Fsp3) is 0.455. The summed E-state index contributed by atoms with van der Waals surface area (Å²) in [5.41, 5.74) is 1.81. The Bertz CT molecular complexity index is 743. The second kappa shape index (κ2) is 10.5. The number of benzene rings is 1. The van der Waals surface area contributed by atoms with Crippen LogP contribution in [0.4, 0.5) is 4.39 Å². The van der Waals surface area contributed by atoms with Crippen LogP contribution in [0.5, 0.6) is 0 Å². The van der Waals surface area contributed by atoms with Crippen LogP contribution in [-0.2, 0) is 17.8 Å². The molecule has 1 aromatic heterocycles. The summed E-state index contributed by atoms with van der Waals surface area (Å²) in [4.78, 5) is 2.66. The fourth-order valence-corrected chi connectivity index (χ4v) is 3.87. The van der Waals surface area contributed by atoms with Gasteiger partial charge in [-0.25, -0.2) is 4.39 Å². The van der Waals surface area contributed by atoms with Gasteiger partial charge in [0.05, 0.1) is 32.0 Å². The van der Waals surface area contributed by atoms with Crippen molar-refractivity contribution in [1.82, 2.24) is 4.57 Å². The van der Waals surface area contributed by atoms with Gasteiger partial charge in [0.1, 0.15) is 38.5 Å². The van der Waals surface area contributed by atoms with Gasteiger partial charge in [-0.3, -0.25) is 0 Å². The van der Waals surface area contributed by atoms with E-state index in [0.29, 0.717) is 18.7 Å². The van der Waals surface area contributed by atoms with Crippen molar-refractivity contribution in [2.45, 2.75) is 19.2 Å². The van der Waals surface area contributed by atoms with Gasteiger partial charge in [0.15, 0.2) is 6.10 Å². The number of aromatic nitrogens is 1. The molecule has 3 rings (SSSR count). The third-order valence-corrected chi connectivity index (χ3v) is 5.33. The molecule has 1 unspecified atom stereocenters. The number of rotatable bonds is 10. The predicted octanol–water partition coefficient (Wildman–Crippen LogP) is -0.478. The number of nitrogens with one attached hydrogen (secondary N) is 2. The van der Waals surface area contributed by atoms with Gasteiger partial charge in [0.2, 0.25) is 0 Å². The van der Waals surface area contributed by atoms with Crippen molar-refractivity contribution in [2.75, 3.05) is 45.9 Å². The Kier molecular flexibility index (Phi) is 7.80. The molecule has 1 fully saturated rings. The molecule has 2 heterocycles. The molecule has 0 spiro atoms. The second-order valence-corrected chi connectivity index (χ2v) is 7.56. The van der Waals surface area contributed by atoms with Gasteiger partial charge in [-0.05, 0) is 24.3 Å². The van der Waals surface area contributed by atoms with Crippen molar-refractivity contribution in [3.05, 3.63) is 72.3 Å². The van der Waals surface area contributed by atoms with Gasteiger partial charge in [0.25, 0.3) is 0 Å². The summed E-state index contributed by atoms with van der Waals surface area (Å²) in [7, 11) is 0. The first-order chi connectivity index (χ1) is 13.7. The Morgan fingerprint density at radius 2 is 2.04 bits per heavy atom. The lowest BCUT2D eigenvalue weighted by Crippen LogP contribution is -3.17. The minimum Gasteiger partial charge on any atom is -0.382 e. The first kappa shape index (κ1) is 20.7. The molecule has 5 nitrogen and oxygen atoms in total. The molecule has 1 aliphatic heterocycles. The van der Waals surface area contributed by atoms with Crippen LogP contribution in [0.25, 0.3) is 0 Å². The zero-order valence-corrected chi connectivity index (χ0v) is 16.4. The molecule has 6 heteroatoms. The van der Waals surface area contributed by atoms with Crippen LogP contribution in [0.3, 0.4) is 0 Å². The highest BCUT2D eigenvalue weighted by Crippen LogP contribution is 2.11. The van der Waals surface area contributed by atoms with E-state index in [9.17, 15) is 9.50 Å². The highest BCUT2D eigenvalue weighted by Gasteiger charge is 2.22. The van der Waals surface area contributed by atoms with E-state index in [1.807, 2.05) is 30.5 Å². The van der Waals surface area contributed by atoms with E-state index < -0.39 is 0 Å². The van der Waals surface area contributed by atoms with Crippen molar-refractivity contribution in [3.63, 3.8) is 0 Å². The molecule has 0 saturated carbocycles. The number of aliphatic hydroxyl groups is 1. The smallest absolute Gasteiger partial charge is 0.152 e. The minimum absolute atomic E-state index is 0.179. The molecule has 1 saturated heterocycles. The van der Waals surface area contributed by atoms with Crippen LogP contribution < -0.4 is 9.80 Å². The minimum atomic E-state index is -0.363. The van der Waals surface area contributed by atoms with Crippen LogP contribution >= 0.6 is 0 Å². The standard InChI is InChI=1S/C22H30FN3O2/c1-2-9-25(18-21(27)17-24-11-13-28-14-12-24)16-20-7-5-10-26(20)15-19-6-3-4-8-22(19)23/h2-8,10,21,27H,1,9,11-18H2/p+2/t21-/m1/s1. The molecule has 3 N–H and O–H groups in total. The van der Waals surface area contributed by atoms with Gasteiger partial charge >= 0.3 is 0 Å². The average molecular weight is 390 g/mol. The van der Waals surface area contributed by atoms with Crippen molar-refractivity contribution >= 4 is 0 Å². The van der Waals surface area contributed by atoms with Gasteiger partial charge in [-0.1, -0.05) is 24.8 Å². The first-order valence-electron chi connectivity index (χ1n) is 10.1. The number of nitrogens with zero attached hydrogens (tertiary/aromatic N) is 1. The normalized spacial score (nSPS) is 17.4. The third-order valence-electron chi connectivity index (χ3n) is 5.33. The lowest BCUT2D eigenvalue weighted by molar-refractivity contribution is -0.932. The summed E-state index contributed by atoms with van der Waals surface area (Å²) >= 11 is 0. The van der Waals surface area contributed by atoms with Gasteiger partial charge in [0, 0.05) is 11.8 Å². The Morgan fingerprint density at radius 1 is 1.25 bits per heavy atom. The number of morpholine rings is 1. The van der Waals surface area contributed by atoms with Crippen LogP contribution in [-0.4, -0.2) is 61.7 Å². The monoisotopic (exact) mass is 389 g/mol. The number of hydrogen-bond acceptors (Lipinski definition) is 2. The first-order valence-corrected chi connectivity index (χ1v) is 10.1. The van der Waals surface area contributed by atoms with Crippen molar-refractivity contribution < 1.29 is 24.0 Å². The number of quaternary nitrogens is 2. The van der Waals surface area contributed by atoms with Gasteiger partial charge in [-0.2, -0.15) is 0 Å². The van der Waals surface area contributed by atoms with Crippen molar-refractivity contribution in [1.29, 1.82) is 0 Å². The second-order valence-electron chi connectivity index (χ2n) is 7.56. The number of hydrogen-bond donors (Lipinski definition) is 3. The number of ether oxygens (including phenoxy) is 1. The lowest BCUT2D eigenvalue weighted by atomic mass is 10.2. The van der Waals surface area contributed by atoms with E-state index in [2.05, 4.69) is 17.2 Å². The summed E-state index contributed by atoms with van der Waals surface area (Å²) in [5, 5.41) is 10.6. The number of halogens is 1. The summed E-state index contributed by atoms with van der Waals surface area (Å²) in [6.07, 6.45) is 3.52. The van der Waals surface area contributed by atoms with E-state index in [0.717, 1.165) is 51.6 Å². The molecule has 0 radical (unpaired) electrons. The molecule has 0 amide bonds. The Morgan fingerprint density at radius 3 is 2.79 bits per heavy atom. The van der Waals surface area contributed by atoms with Crippen LogP contribution in [0.1, 0.15) is 11.3 Å². The van der Waals surface area contributed by atoms with Crippen LogP contribution in [0.2, 0.25) is 0 Å². The van der Waals surface area contributed by atoms with E-state index in [4.69, 9.17) is 4.74 Å². The van der Waals surface area contributed by atoms with Crippen LogP contribution in [0.15, 0.2) is 55.3 Å². The molecule has 1 aliphatic rings. The zero-order valence-electron chi connectivity index (χ0n) is 16.4. The highest BCUT2D eigenvalue weighted by molar-refractivity contribution is 5.19. The third kappa shape index (κ3) is 6.01. The zero-order chi connectivity index (χ0) is 19.8. The lowest BCUT2D eigenvalue weighted by Gasteiger charge is -2.27. The van der Waals surface area contributed by atoms with E-state index in [-0.39, 0.29) is 11.9 Å². The van der Waals surface area contributed by atoms with E-state index in [1.54, 1.807) is 6.07 Å². The maximum atomic E-state index is 14.0. The van der Waals surface area contributed by atoms with Crippen molar-refractivity contribution in [3.8, 4) is 0 Å². The quantitative estimate of drug-likeness (QED) is 0.481. The molecule has 0 bridgehead atoms. The summed E-state index contributed by atoms with van der Waals surface area (Å²) in [6, 6.07) is 11.0. The maximum Gasteiger partial charge on any atom is 0.152 e. The van der Waals surface area contributed by atoms with Gasteiger partial charge < -0.3 is 24.2 Å². The fourth-order valence-electron chi connectivity index (χ4n) is 3.87. The summed E-state index contributed by atoms with van der Waals surface area (Å²) in [5.74, 6) is -0.179. The highest BCUT2D eigenvalue weighted by atomic mass is 19.1. The van der Waals surface area contributed by atoms with E-state index in [1.165, 1.54) is 15.9 Å².